The van der Waals surface area contributed by atoms with Crippen molar-refractivity contribution in [1.29, 1.82) is 0 Å². The molecule has 0 bridgehead atoms. The highest BCUT2D eigenvalue weighted by atomic mass is 35.5. The molecule has 3 rings (SSSR count). The first-order valence-corrected chi connectivity index (χ1v) is 7.61. The van der Waals surface area contributed by atoms with Gasteiger partial charge in [0.2, 0.25) is 0 Å². The third kappa shape index (κ3) is 3.35. The third-order valence-electron chi connectivity index (χ3n) is 3.95. The Morgan fingerprint density at radius 2 is 2.39 bits per heavy atom. The summed E-state index contributed by atoms with van der Waals surface area (Å²) in [5, 5.41) is 7.00. The predicted molar refractivity (Wildman–Crippen MR) is 81.9 cm³/mol. The second kappa shape index (κ2) is 6.64. The highest BCUT2D eigenvalue weighted by Crippen LogP contribution is 2.29. The Bertz CT molecular complexity index is 695. The number of ether oxygens (including phenoxy) is 1. The van der Waals surface area contributed by atoms with E-state index < -0.39 is 11.7 Å². The normalized spacial score (nSPS) is 20.7. The maximum Gasteiger partial charge on any atom is 0.256 e. The lowest BCUT2D eigenvalue weighted by molar-refractivity contribution is 0.0547. The molecule has 1 aliphatic rings. The molecule has 1 fully saturated rings. The zero-order valence-corrected chi connectivity index (χ0v) is 13.3. The van der Waals surface area contributed by atoms with Gasteiger partial charge in [0.05, 0.1) is 11.7 Å². The molecule has 0 saturated carbocycles. The van der Waals surface area contributed by atoms with Gasteiger partial charge >= 0.3 is 0 Å². The van der Waals surface area contributed by atoms with Gasteiger partial charge in [-0.2, -0.15) is 5.10 Å². The summed E-state index contributed by atoms with van der Waals surface area (Å²) in [6.45, 7) is 0.916. The van der Waals surface area contributed by atoms with Gasteiger partial charge in [-0.1, -0.05) is 11.6 Å². The first-order chi connectivity index (χ1) is 11.1. The van der Waals surface area contributed by atoms with Gasteiger partial charge in [0.1, 0.15) is 18.0 Å². The zero-order valence-electron chi connectivity index (χ0n) is 12.5. The van der Waals surface area contributed by atoms with Crippen LogP contribution in [-0.4, -0.2) is 52.3 Å². The Morgan fingerprint density at radius 3 is 3.13 bits per heavy atom. The lowest BCUT2D eigenvalue weighted by Gasteiger charge is -2.24. The molecule has 1 saturated heterocycles. The second-order valence-corrected chi connectivity index (χ2v) is 5.92. The predicted octanol–water partition coefficient (Wildman–Crippen LogP) is 2.24. The second-order valence-electron chi connectivity index (χ2n) is 5.48. The molecule has 2 heterocycles. The number of benzene rings is 1. The quantitative estimate of drug-likeness (QED) is 0.928. The Kier molecular flexibility index (Phi) is 4.58. The number of hydrogen-bond donors (Lipinski definition) is 1. The monoisotopic (exact) mass is 338 g/mol. The van der Waals surface area contributed by atoms with Crippen LogP contribution in [0.4, 0.5) is 4.39 Å². The van der Waals surface area contributed by atoms with Gasteiger partial charge in [0, 0.05) is 31.1 Å². The summed E-state index contributed by atoms with van der Waals surface area (Å²) in [5.41, 5.74) is -0.0470. The van der Waals surface area contributed by atoms with Crippen molar-refractivity contribution < 1.29 is 13.9 Å². The number of carbonyl (C=O) groups excluding carboxylic acids is 1. The van der Waals surface area contributed by atoms with E-state index >= 15 is 0 Å². The molecule has 1 aromatic heterocycles. The lowest BCUT2D eigenvalue weighted by atomic mass is 10.00. The number of nitrogens with zero attached hydrogens (tertiary/aromatic N) is 3. The molecular weight excluding hydrogens is 323 g/mol. The van der Waals surface area contributed by atoms with Gasteiger partial charge in [0.25, 0.3) is 5.91 Å². The molecule has 23 heavy (non-hydrogen) atoms. The van der Waals surface area contributed by atoms with Gasteiger partial charge in [-0.3, -0.25) is 9.89 Å². The molecule has 122 valence electrons. The van der Waals surface area contributed by atoms with E-state index in [9.17, 15) is 9.18 Å². The van der Waals surface area contributed by atoms with Crippen molar-refractivity contribution in [2.75, 3.05) is 20.2 Å². The van der Waals surface area contributed by atoms with Crippen LogP contribution in [0.1, 0.15) is 28.5 Å². The van der Waals surface area contributed by atoms with Gasteiger partial charge < -0.3 is 9.64 Å². The molecule has 2 atom stereocenters. The highest BCUT2D eigenvalue weighted by molar-refractivity contribution is 6.30. The summed E-state index contributed by atoms with van der Waals surface area (Å²) in [7, 11) is 1.61. The Balaban J connectivity index is 1.72. The first kappa shape index (κ1) is 15.9. The van der Waals surface area contributed by atoms with Gasteiger partial charge in [-0.25, -0.2) is 9.37 Å². The van der Waals surface area contributed by atoms with Crippen LogP contribution in [0.5, 0.6) is 0 Å². The van der Waals surface area contributed by atoms with E-state index in [1.165, 1.54) is 29.4 Å². The van der Waals surface area contributed by atoms with E-state index in [4.69, 9.17) is 16.3 Å². The number of aromatic nitrogens is 3. The summed E-state index contributed by atoms with van der Waals surface area (Å²) in [5.74, 6) is -0.249. The molecule has 0 spiro atoms. The van der Waals surface area contributed by atoms with Gasteiger partial charge in [-0.15, -0.1) is 0 Å². The molecule has 1 amide bonds. The van der Waals surface area contributed by atoms with E-state index in [-0.39, 0.29) is 17.6 Å². The number of likely N-dealkylation sites (N-methyl/N-ethyl adjacent to an activating group) is 1. The topological polar surface area (TPSA) is 71.1 Å². The maximum atomic E-state index is 13.8. The minimum atomic E-state index is -0.592. The lowest BCUT2D eigenvalue weighted by Crippen LogP contribution is -2.36. The van der Waals surface area contributed by atoms with Crippen LogP contribution in [0.15, 0.2) is 24.5 Å². The van der Waals surface area contributed by atoms with Crippen molar-refractivity contribution in [3.63, 3.8) is 0 Å². The molecule has 0 unspecified atom stereocenters. The molecule has 1 aliphatic heterocycles. The Morgan fingerprint density at radius 1 is 1.57 bits per heavy atom. The van der Waals surface area contributed by atoms with Crippen molar-refractivity contribution in [3.05, 3.63) is 46.8 Å². The zero-order chi connectivity index (χ0) is 16.4. The van der Waals surface area contributed by atoms with Crippen LogP contribution in [0.25, 0.3) is 0 Å². The molecule has 0 aliphatic carbocycles. The highest BCUT2D eigenvalue weighted by Gasteiger charge is 2.33. The molecule has 2 aromatic rings. The molecule has 1 N–H and O–H groups in total. The van der Waals surface area contributed by atoms with Crippen molar-refractivity contribution in [1.82, 2.24) is 20.1 Å². The van der Waals surface area contributed by atoms with Crippen molar-refractivity contribution in [3.8, 4) is 0 Å². The maximum absolute atomic E-state index is 13.8. The molecule has 8 heteroatoms. The van der Waals surface area contributed by atoms with Crippen LogP contribution in [0.2, 0.25) is 5.02 Å². The summed E-state index contributed by atoms with van der Waals surface area (Å²) < 4.78 is 19.5. The standard InChI is InChI=1S/C15H16ClFN4O2/c1-21(15(22)11-6-9(16)2-3-12(11)17)7-13-10(4-5-23-13)14-18-8-19-20-14/h2-3,6,8,10,13H,4-5,7H2,1H3,(H,18,19,20)/t10-,13-/m1/s1. The number of aromatic amines is 1. The summed E-state index contributed by atoms with van der Waals surface area (Å²) in [6, 6.07) is 3.93. The smallest absolute Gasteiger partial charge is 0.256 e. The third-order valence-corrected chi connectivity index (χ3v) is 4.19. The molecule has 0 radical (unpaired) electrons. The summed E-state index contributed by atoms with van der Waals surface area (Å²) in [6.07, 6.45) is 2.04. The number of carbonyl (C=O) groups is 1. The fourth-order valence-corrected chi connectivity index (χ4v) is 2.93. The van der Waals surface area contributed by atoms with E-state index in [1.54, 1.807) is 7.05 Å². The Labute approximate surface area is 137 Å². The summed E-state index contributed by atoms with van der Waals surface area (Å²) >= 11 is 5.85. The van der Waals surface area contributed by atoms with Crippen LogP contribution in [0.3, 0.4) is 0 Å². The van der Waals surface area contributed by atoms with Crippen LogP contribution >= 0.6 is 11.6 Å². The molecule has 6 nitrogen and oxygen atoms in total. The number of hydrogen-bond acceptors (Lipinski definition) is 4. The average molecular weight is 339 g/mol. The number of amides is 1. The van der Waals surface area contributed by atoms with Crippen molar-refractivity contribution in [2.45, 2.75) is 18.4 Å². The largest absolute Gasteiger partial charge is 0.376 e. The van der Waals surface area contributed by atoms with Gasteiger partial charge in [0.15, 0.2) is 0 Å². The van der Waals surface area contributed by atoms with Crippen LogP contribution in [-0.2, 0) is 4.74 Å². The van der Waals surface area contributed by atoms with Crippen LogP contribution in [0, 0.1) is 5.82 Å². The number of H-pyrrole nitrogens is 1. The van der Waals surface area contributed by atoms with Crippen molar-refractivity contribution in [2.24, 2.45) is 0 Å². The molecule has 1 aromatic carbocycles. The number of nitrogens with one attached hydrogen (secondary N) is 1. The first-order valence-electron chi connectivity index (χ1n) is 7.23. The fourth-order valence-electron chi connectivity index (χ4n) is 2.75. The van der Waals surface area contributed by atoms with E-state index in [1.807, 2.05) is 0 Å². The fraction of sp³-hybridized carbons (Fsp3) is 0.400. The van der Waals surface area contributed by atoms with Crippen molar-refractivity contribution >= 4 is 17.5 Å². The van der Waals surface area contributed by atoms with E-state index in [2.05, 4.69) is 15.2 Å². The van der Waals surface area contributed by atoms with E-state index in [0.717, 1.165) is 12.2 Å². The SMILES string of the molecule is CN(C[C@H]1OCC[C@H]1c1ncn[nH]1)C(=O)c1cc(Cl)ccc1F. The molecular formula is C15H16ClFN4O2. The number of halogens is 2. The van der Waals surface area contributed by atoms with Crippen LogP contribution < -0.4 is 0 Å². The van der Waals surface area contributed by atoms with E-state index in [0.29, 0.717) is 18.2 Å². The average Bonchev–Trinajstić information content (AvgIpc) is 3.19. The summed E-state index contributed by atoms with van der Waals surface area (Å²) in [4.78, 5) is 18.0. The minimum absolute atomic E-state index is 0.0389. The van der Waals surface area contributed by atoms with Gasteiger partial charge in [-0.05, 0) is 24.6 Å². The number of rotatable bonds is 4. The minimum Gasteiger partial charge on any atom is -0.376 e. The Hall–Kier alpha value is -1.99.